The average Bonchev–Trinajstić information content (AvgIpc) is 3.12. The van der Waals surface area contributed by atoms with Crippen molar-refractivity contribution in [3.63, 3.8) is 0 Å². The molecule has 1 aromatic heterocycles. The van der Waals surface area contributed by atoms with E-state index < -0.39 is 0 Å². The van der Waals surface area contributed by atoms with Crippen LogP contribution in [0.3, 0.4) is 0 Å². The van der Waals surface area contributed by atoms with Gasteiger partial charge in [0.15, 0.2) is 0 Å². The number of benzene rings is 1. The maximum atomic E-state index is 12.3. The Morgan fingerprint density at radius 3 is 2.63 bits per heavy atom. The van der Waals surface area contributed by atoms with E-state index in [1.54, 1.807) is 6.07 Å². The first-order chi connectivity index (χ1) is 12.2. The van der Waals surface area contributed by atoms with Crippen LogP contribution in [0, 0.1) is 5.92 Å². The fourth-order valence-corrected chi connectivity index (χ4v) is 3.14. The number of nitrogens with one attached hydrogen (secondary N) is 1. The maximum Gasteiger partial charge on any atom is 0.258 e. The van der Waals surface area contributed by atoms with Crippen molar-refractivity contribution in [1.82, 2.24) is 4.90 Å². The molecule has 0 bridgehead atoms. The van der Waals surface area contributed by atoms with Crippen LogP contribution in [0.15, 0.2) is 41.0 Å². The molecule has 6 nitrogen and oxygen atoms in total. The number of carbonyl (C=O) groups is 1. The van der Waals surface area contributed by atoms with Gasteiger partial charge in [0.25, 0.3) is 5.91 Å². The molecule has 0 unspecified atom stereocenters. The van der Waals surface area contributed by atoms with Crippen molar-refractivity contribution in [2.24, 2.45) is 11.7 Å². The Morgan fingerprint density at radius 2 is 2.00 bits per heavy atom. The number of aliphatic hydroxyl groups excluding tert-OH is 1. The lowest BCUT2D eigenvalue weighted by atomic mass is 9.97. The minimum Gasteiger partial charge on any atom is -0.467 e. The van der Waals surface area contributed by atoms with Gasteiger partial charge in [0.2, 0.25) is 0 Å². The van der Waals surface area contributed by atoms with E-state index in [1.165, 1.54) is 6.26 Å². The van der Waals surface area contributed by atoms with Gasteiger partial charge >= 0.3 is 0 Å². The van der Waals surface area contributed by atoms with Crippen molar-refractivity contribution in [2.75, 3.05) is 25.0 Å². The van der Waals surface area contributed by atoms with Gasteiger partial charge in [-0.05, 0) is 55.6 Å². The number of furan rings is 1. The van der Waals surface area contributed by atoms with Crippen LogP contribution in [0.2, 0.25) is 0 Å². The van der Waals surface area contributed by atoms with Crippen molar-refractivity contribution in [3.05, 3.63) is 53.5 Å². The highest BCUT2D eigenvalue weighted by Gasteiger charge is 2.18. The number of hydrogen-bond donors (Lipinski definition) is 3. The molecule has 0 atom stereocenters. The number of piperidine rings is 1. The normalized spacial score (nSPS) is 14.9. The highest BCUT2D eigenvalue weighted by molar-refractivity contribution is 6.04. The molecule has 150 valence electrons. The van der Waals surface area contributed by atoms with Crippen LogP contribution in [0.5, 0.6) is 0 Å². The SMILES string of the molecule is Cl.Cl.NCc1cc(C(=O)Nc2cccc(CN3CCC(CO)CC3)c2)co1. The summed E-state index contributed by atoms with van der Waals surface area (Å²) in [6, 6.07) is 9.55. The summed E-state index contributed by atoms with van der Waals surface area (Å²) in [7, 11) is 0. The van der Waals surface area contributed by atoms with E-state index in [1.807, 2.05) is 18.2 Å². The van der Waals surface area contributed by atoms with Crippen LogP contribution in [-0.4, -0.2) is 35.6 Å². The molecule has 1 saturated heterocycles. The zero-order valence-electron chi connectivity index (χ0n) is 15.1. The zero-order chi connectivity index (χ0) is 17.6. The quantitative estimate of drug-likeness (QED) is 0.673. The van der Waals surface area contributed by atoms with E-state index in [9.17, 15) is 9.90 Å². The van der Waals surface area contributed by atoms with Crippen molar-refractivity contribution >= 4 is 36.4 Å². The number of amides is 1. The molecule has 4 N–H and O–H groups in total. The smallest absolute Gasteiger partial charge is 0.258 e. The Morgan fingerprint density at radius 1 is 1.26 bits per heavy atom. The average molecular weight is 416 g/mol. The van der Waals surface area contributed by atoms with Gasteiger partial charge in [0.05, 0.1) is 12.1 Å². The van der Waals surface area contributed by atoms with Crippen molar-refractivity contribution < 1.29 is 14.3 Å². The van der Waals surface area contributed by atoms with Crippen LogP contribution in [-0.2, 0) is 13.1 Å². The van der Waals surface area contributed by atoms with Crippen LogP contribution in [0.1, 0.15) is 34.5 Å². The molecule has 0 spiro atoms. The van der Waals surface area contributed by atoms with E-state index >= 15 is 0 Å². The molecule has 8 heteroatoms. The fourth-order valence-electron chi connectivity index (χ4n) is 3.14. The Bertz CT molecular complexity index is 716. The third-order valence-corrected chi connectivity index (χ3v) is 4.67. The Hall–Kier alpha value is -1.57. The molecule has 0 radical (unpaired) electrons. The molecule has 0 saturated carbocycles. The van der Waals surface area contributed by atoms with Gasteiger partial charge in [-0.25, -0.2) is 0 Å². The summed E-state index contributed by atoms with van der Waals surface area (Å²) < 4.78 is 5.20. The maximum absolute atomic E-state index is 12.3. The molecule has 27 heavy (non-hydrogen) atoms. The third kappa shape index (κ3) is 6.52. The molecule has 3 rings (SSSR count). The number of halogens is 2. The van der Waals surface area contributed by atoms with E-state index in [0.717, 1.165) is 43.7 Å². The summed E-state index contributed by atoms with van der Waals surface area (Å²) in [4.78, 5) is 14.7. The number of nitrogens with zero attached hydrogens (tertiary/aromatic N) is 1. The Balaban J connectivity index is 0.00000182. The fraction of sp³-hybridized carbons (Fsp3) is 0.421. The van der Waals surface area contributed by atoms with Crippen molar-refractivity contribution in [1.29, 1.82) is 0 Å². The van der Waals surface area contributed by atoms with Crippen LogP contribution in [0.25, 0.3) is 0 Å². The predicted octanol–water partition coefficient (Wildman–Crippen LogP) is 3.04. The molecular weight excluding hydrogens is 389 g/mol. The van der Waals surface area contributed by atoms with E-state index in [0.29, 0.717) is 17.2 Å². The monoisotopic (exact) mass is 415 g/mol. The largest absolute Gasteiger partial charge is 0.467 e. The summed E-state index contributed by atoms with van der Waals surface area (Å²) in [6.45, 7) is 3.41. The van der Waals surface area contributed by atoms with Crippen LogP contribution >= 0.6 is 24.8 Å². The number of anilines is 1. The minimum atomic E-state index is -0.204. The number of rotatable bonds is 6. The van der Waals surface area contributed by atoms with Gasteiger partial charge < -0.3 is 20.6 Å². The highest BCUT2D eigenvalue weighted by Crippen LogP contribution is 2.20. The third-order valence-electron chi connectivity index (χ3n) is 4.67. The zero-order valence-corrected chi connectivity index (χ0v) is 16.7. The minimum absolute atomic E-state index is 0. The molecule has 1 aromatic carbocycles. The number of nitrogens with two attached hydrogens (primary N) is 1. The molecule has 2 aromatic rings. The molecule has 0 aliphatic carbocycles. The van der Waals surface area contributed by atoms with Gasteiger partial charge in [-0.15, -0.1) is 24.8 Å². The van der Waals surface area contributed by atoms with Gasteiger partial charge in [-0.3, -0.25) is 9.69 Å². The first kappa shape index (κ1) is 23.5. The van der Waals surface area contributed by atoms with E-state index in [2.05, 4.69) is 16.3 Å². The topological polar surface area (TPSA) is 91.7 Å². The van der Waals surface area contributed by atoms with Crippen molar-refractivity contribution in [3.8, 4) is 0 Å². The summed E-state index contributed by atoms with van der Waals surface area (Å²) in [5.74, 6) is 0.824. The van der Waals surface area contributed by atoms with Crippen LogP contribution in [0.4, 0.5) is 5.69 Å². The van der Waals surface area contributed by atoms with Gasteiger partial charge in [0.1, 0.15) is 12.0 Å². The molecule has 1 aliphatic heterocycles. The summed E-state index contributed by atoms with van der Waals surface area (Å²) >= 11 is 0. The lowest BCUT2D eigenvalue weighted by Gasteiger charge is -2.31. The summed E-state index contributed by atoms with van der Waals surface area (Å²) in [5, 5.41) is 12.1. The number of aliphatic hydroxyl groups is 1. The van der Waals surface area contributed by atoms with Gasteiger partial charge in [-0.1, -0.05) is 12.1 Å². The second kappa shape index (κ2) is 11.3. The second-order valence-electron chi connectivity index (χ2n) is 6.56. The summed E-state index contributed by atoms with van der Waals surface area (Å²) in [6.07, 6.45) is 3.50. The van der Waals surface area contributed by atoms with E-state index in [-0.39, 0.29) is 43.9 Å². The Labute approximate surface area is 171 Å². The van der Waals surface area contributed by atoms with Gasteiger partial charge in [0, 0.05) is 18.8 Å². The lowest BCUT2D eigenvalue weighted by molar-refractivity contribution is 0.102. The second-order valence-corrected chi connectivity index (χ2v) is 6.56. The Kier molecular flexibility index (Phi) is 9.83. The number of hydrogen-bond acceptors (Lipinski definition) is 5. The van der Waals surface area contributed by atoms with Crippen LogP contribution < -0.4 is 11.1 Å². The molecule has 1 fully saturated rings. The first-order valence-electron chi connectivity index (χ1n) is 8.69. The molecule has 1 aliphatic rings. The molecule has 2 heterocycles. The van der Waals surface area contributed by atoms with Crippen molar-refractivity contribution in [2.45, 2.75) is 25.9 Å². The van der Waals surface area contributed by atoms with E-state index in [4.69, 9.17) is 10.2 Å². The predicted molar refractivity (Wildman–Crippen MR) is 111 cm³/mol. The molecule has 1 amide bonds. The number of carbonyl (C=O) groups excluding carboxylic acids is 1. The first-order valence-corrected chi connectivity index (χ1v) is 8.69. The standard InChI is InChI=1S/C19H25N3O3.2ClH/c20-10-18-9-16(13-25-18)19(24)21-17-3-1-2-15(8-17)11-22-6-4-14(12-23)5-7-22;;/h1-3,8-9,13-14,23H,4-7,10-12,20H2,(H,21,24);2*1H. The number of likely N-dealkylation sites (tertiary alicyclic amines) is 1. The summed E-state index contributed by atoms with van der Waals surface area (Å²) in [5.41, 5.74) is 7.90. The molecular formula is C19H27Cl2N3O3. The van der Waals surface area contributed by atoms with Gasteiger partial charge in [-0.2, -0.15) is 0 Å². The lowest BCUT2D eigenvalue weighted by Crippen LogP contribution is -2.34. The highest BCUT2D eigenvalue weighted by atomic mass is 35.5.